The molecule has 1 saturated heterocycles. The minimum Gasteiger partial charge on any atom is -0.394 e. The van der Waals surface area contributed by atoms with E-state index in [-0.39, 0.29) is 12.5 Å². The molecule has 9 nitrogen and oxygen atoms in total. The number of hydrogen-bond donors (Lipinski definition) is 4. The van der Waals surface area contributed by atoms with Crippen LogP contribution in [0.4, 0.5) is 0 Å². The van der Waals surface area contributed by atoms with Crippen LogP contribution in [0.5, 0.6) is 0 Å². The number of aliphatic hydroxyl groups is 2. The molecule has 9 heteroatoms. The lowest BCUT2D eigenvalue weighted by Gasteiger charge is -2.41. The molecule has 2 amide bonds. The average Bonchev–Trinajstić information content (AvgIpc) is 2.90. The van der Waals surface area contributed by atoms with E-state index in [0.29, 0.717) is 6.29 Å². The molecule has 0 saturated carbocycles. The zero-order valence-electron chi connectivity index (χ0n) is 22.6. The van der Waals surface area contributed by atoms with Gasteiger partial charge in [-0.15, -0.1) is 0 Å². The normalized spacial score (nSPS) is 23.9. The summed E-state index contributed by atoms with van der Waals surface area (Å²) in [6.07, 6.45) is 19.2. The van der Waals surface area contributed by atoms with Crippen LogP contribution in [-0.2, 0) is 23.9 Å². The van der Waals surface area contributed by atoms with E-state index in [0.717, 1.165) is 25.7 Å². The molecule has 4 N–H and O–H groups in total. The average molecular weight is 525 g/mol. The Morgan fingerprint density at radius 1 is 0.946 bits per heavy atom. The summed E-state index contributed by atoms with van der Waals surface area (Å²) in [6.45, 7) is 1.46. The molecule has 1 aliphatic rings. The summed E-state index contributed by atoms with van der Waals surface area (Å²) >= 11 is 0. The van der Waals surface area contributed by atoms with Gasteiger partial charge in [-0.25, -0.2) is 0 Å². The van der Waals surface area contributed by atoms with Crippen LogP contribution in [0.1, 0.15) is 84.0 Å². The Balaban J connectivity index is 2.15. The quantitative estimate of drug-likeness (QED) is 0.0832. The van der Waals surface area contributed by atoms with Gasteiger partial charge in [0.2, 0.25) is 11.8 Å². The van der Waals surface area contributed by atoms with Crippen LogP contribution in [0.15, 0.2) is 24.3 Å². The first-order valence-corrected chi connectivity index (χ1v) is 13.8. The standard InChI is InChI=1S/C28H48N2O7/c1-3-4-5-6-7-8-9-10-11-12-13-14-15-16-17-18-24(33)29-19-25(34)30-26-27(35)22(20-31)23(21-32)37-28(26)36-2/h8-9,17-18,20,22-23,26-28,32,35H,3-7,10-16,19,21H2,1-2H3,(H,29,33)(H,30,34). The van der Waals surface area contributed by atoms with Crippen LogP contribution < -0.4 is 10.6 Å². The minimum atomic E-state index is -1.30. The Morgan fingerprint density at radius 2 is 1.54 bits per heavy atom. The summed E-state index contributed by atoms with van der Waals surface area (Å²) < 4.78 is 10.6. The van der Waals surface area contributed by atoms with Gasteiger partial charge in [0.1, 0.15) is 12.3 Å². The second-order valence-electron chi connectivity index (χ2n) is 9.54. The largest absolute Gasteiger partial charge is 0.394 e. The molecule has 1 aliphatic heterocycles. The van der Waals surface area contributed by atoms with Crippen molar-refractivity contribution in [1.29, 1.82) is 0 Å². The van der Waals surface area contributed by atoms with E-state index >= 15 is 0 Å². The SMILES string of the molecule is CCCCCCC=CCCCCCCCC=CC(=O)NCC(=O)NC1C(OC)OC(CO)C(C=O)C1O. The third-order valence-corrected chi connectivity index (χ3v) is 6.52. The number of carbonyl (C=O) groups is 3. The van der Waals surface area contributed by atoms with Crippen LogP contribution in [-0.4, -0.2) is 73.1 Å². The van der Waals surface area contributed by atoms with Gasteiger partial charge in [-0.2, -0.15) is 0 Å². The molecule has 0 aromatic rings. The van der Waals surface area contributed by atoms with Crippen LogP contribution in [0.3, 0.4) is 0 Å². The van der Waals surface area contributed by atoms with Gasteiger partial charge in [0.15, 0.2) is 6.29 Å². The number of nitrogens with one attached hydrogen (secondary N) is 2. The summed E-state index contributed by atoms with van der Waals surface area (Å²) in [7, 11) is 1.33. The van der Waals surface area contributed by atoms with Crippen molar-refractivity contribution in [2.24, 2.45) is 5.92 Å². The van der Waals surface area contributed by atoms with E-state index in [1.54, 1.807) is 6.08 Å². The lowest BCUT2D eigenvalue weighted by atomic mass is 9.89. The van der Waals surface area contributed by atoms with Crippen LogP contribution >= 0.6 is 0 Å². The predicted molar refractivity (Wildman–Crippen MR) is 143 cm³/mol. The van der Waals surface area contributed by atoms with E-state index in [9.17, 15) is 24.6 Å². The highest BCUT2D eigenvalue weighted by Gasteiger charge is 2.45. The summed E-state index contributed by atoms with van der Waals surface area (Å²) in [5.74, 6) is -1.96. The number of rotatable bonds is 20. The zero-order valence-corrected chi connectivity index (χ0v) is 22.6. The fraction of sp³-hybridized carbons (Fsp3) is 0.750. The van der Waals surface area contributed by atoms with Crippen molar-refractivity contribution >= 4 is 18.1 Å². The third kappa shape index (κ3) is 13.9. The number of methoxy groups -OCH3 is 1. The third-order valence-electron chi connectivity index (χ3n) is 6.52. The maximum absolute atomic E-state index is 12.3. The Bertz CT molecular complexity index is 698. The van der Waals surface area contributed by atoms with Crippen molar-refractivity contribution in [3.05, 3.63) is 24.3 Å². The molecule has 0 aromatic heterocycles. The molecule has 1 rings (SSSR count). The highest BCUT2D eigenvalue weighted by molar-refractivity contribution is 5.91. The number of ether oxygens (including phenoxy) is 2. The predicted octanol–water partition coefficient (Wildman–Crippen LogP) is 2.94. The molecule has 5 unspecified atom stereocenters. The molecular weight excluding hydrogens is 476 g/mol. The molecule has 0 spiro atoms. The van der Waals surface area contributed by atoms with Gasteiger partial charge >= 0.3 is 0 Å². The summed E-state index contributed by atoms with van der Waals surface area (Å²) in [4.78, 5) is 35.5. The van der Waals surface area contributed by atoms with E-state index in [1.807, 2.05) is 0 Å². The Kier molecular flexibility index (Phi) is 18.6. The maximum atomic E-state index is 12.3. The number of unbranched alkanes of at least 4 members (excludes halogenated alkanes) is 10. The first kappa shape index (κ1) is 33.0. The topological polar surface area (TPSA) is 134 Å². The first-order chi connectivity index (χ1) is 18.0. The lowest BCUT2D eigenvalue weighted by molar-refractivity contribution is -0.243. The van der Waals surface area contributed by atoms with E-state index in [2.05, 4.69) is 29.7 Å². The summed E-state index contributed by atoms with van der Waals surface area (Å²) in [5, 5.41) is 24.8. The van der Waals surface area contributed by atoms with Crippen molar-refractivity contribution < 1.29 is 34.1 Å². The van der Waals surface area contributed by atoms with Crippen LogP contribution in [0.25, 0.3) is 0 Å². The fourth-order valence-electron chi connectivity index (χ4n) is 4.29. The summed E-state index contributed by atoms with van der Waals surface area (Å²) in [6, 6.07) is -1.02. The zero-order chi connectivity index (χ0) is 27.3. The molecule has 0 radical (unpaired) electrons. The first-order valence-electron chi connectivity index (χ1n) is 13.8. The van der Waals surface area contributed by atoms with Crippen LogP contribution in [0.2, 0.25) is 0 Å². The molecule has 1 heterocycles. The van der Waals surface area contributed by atoms with Crippen LogP contribution in [0, 0.1) is 5.92 Å². The number of carbonyl (C=O) groups excluding carboxylic acids is 3. The summed E-state index contributed by atoms with van der Waals surface area (Å²) in [5.41, 5.74) is 0. The van der Waals surface area contributed by atoms with Gasteiger partial charge in [0.25, 0.3) is 0 Å². The van der Waals surface area contributed by atoms with Gasteiger partial charge in [-0.3, -0.25) is 9.59 Å². The van der Waals surface area contributed by atoms with E-state index < -0.39 is 43.0 Å². The Hall–Kier alpha value is -2.07. The van der Waals surface area contributed by atoms with Crippen molar-refractivity contribution in [3.63, 3.8) is 0 Å². The van der Waals surface area contributed by atoms with Gasteiger partial charge in [0.05, 0.1) is 31.3 Å². The van der Waals surface area contributed by atoms with Gasteiger partial charge in [0, 0.05) is 7.11 Å². The second kappa shape index (κ2) is 20.9. The van der Waals surface area contributed by atoms with Crippen molar-refractivity contribution in [1.82, 2.24) is 10.6 Å². The molecule has 5 atom stereocenters. The highest BCUT2D eigenvalue weighted by Crippen LogP contribution is 2.25. The molecule has 1 fully saturated rings. The highest BCUT2D eigenvalue weighted by atomic mass is 16.7. The molecule has 212 valence electrons. The monoisotopic (exact) mass is 524 g/mol. The number of aliphatic hydroxyl groups excluding tert-OH is 2. The van der Waals surface area contributed by atoms with Gasteiger partial charge in [-0.05, 0) is 44.6 Å². The maximum Gasteiger partial charge on any atom is 0.244 e. The Morgan fingerprint density at radius 3 is 2.11 bits per heavy atom. The second-order valence-corrected chi connectivity index (χ2v) is 9.54. The number of amides is 2. The smallest absolute Gasteiger partial charge is 0.244 e. The van der Waals surface area contributed by atoms with Crippen molar-refractivity contribution in [2.75, 3.05) is 20.3 Å². The van der Waals surface area contributed by atoms with E-state index in [4.69, 9.17) is 9.47 Å². The fourth-order valence-corrected chi connectivity index (χ4v) is 4.29. The Labute approximate surface area is 222 Å². The molecule has 37 heavy (non-hydrogen) atoms. The number of hydrogen-bond acceptors (Lipinski definition) is 7. The van der Waals surface area contributed by atoms with Gasteiger partial charge in [-0.1, -0.05) is 63.7 Å². The lowest BCUT2D eigenvalue weighted by Crippen LogP contribution is -2.63. The molecule has 0 bridgehead atoms. The number of aldehydes is 1. The molecular formula is C28H48N2O7. The van der Waals surface area contributed by atoms with Crippen molar-refractivity contribution in [2.45, 2.75) is 109 Å². The molecule has 0 aromatic carbocycles. The minimum absolute atomic E-state index is 0.300. The van der Waals surface area contributed by atoms with E-state index in [1.165, 1.54) is 64.6 Å². The number of allylic oxidation sites excluding steroid dienone is 3. The van der Waals surface area contributed by atoms with Gasteiger partial charge < -0.3 is 35.1 Å². The van der Waals surface area contributed by atoms with Crippen molar-refractivity contribution in [3.8, 4) is 0 Å². The molecule has 0 aliphatic carbocycles.